The van der Waals surface area contributed by atoms with E-state index in [1.165, 1.54) is 5.56 Å². The van der Waals surface area contributed by atoms with E-state index in [1.54, 1.807) is 0 Å². The second-order valence-electron chi connectivity index (χ2n) is 6.01. The van der Waals surface area contributed by atoms with Gasteiger partial charge in [0.15, 0.2) is 0 Å². The zero-order valence-corrected chi connectivity index (χ0v) is 13.0. The van der Waals surface area contributed by atoms with E-state index in [4.69, 9.17) is 5.73 Å². The van der Waals surface area contributed by atoms with Gasteiger partial charge in [-0.1, -0.05) is 30.3 Å². The summed E-state index contributed by atoms with van der Waals surface area (Å²) in [6.45, 7) is 6.67. The number of nitrogens with two attached hydrogens (primary N) is 1. The molecule has 0 aliphatic carbocycles. The zero-order valence-electron chi connectivity index (χ0n) is 13.0. The molecule has 2 rings (SSSR count). The molecule has 0 bridgehead atoms. The third-order valence-corrected chi connectivity index (χ3v) is 4.00. The lowest BCUT2D eigenvalue weighted by atomic mass is 10.2. The van der Waals surface area contributed by atoms with Crippen molar-refractivity contribution in [2.24, 2.45) is 5.73 Å². The molecule has 0 aromatic heterocycles. The fourth-order valence-electron chi connectivity index (χ4n) is 2.73. The van der Waals surface area contributed by atoms with Gasteiger partial charge in [0.2, 0.25) is 5.91 Å². The van der Waals surface area contributed by atoms with Crippen LogP contribution in [0.2, 0.25) is 0 Å². The Kier molecular flexibility index (Phi) is 6.21. The van der Waals surface area contributed by atoms with Crippen molar-refractivity contribution in [3.05, 3.63) is 35.9 Å². The van der Waals surface area contributed by atoms with Crippen LogP contribution in [0.15, 0.2) is 30.3 Å². The van der Waals surface area contributed by atoms with Gasteiger partial charge in [0.05, 0.1) is 0 Å². The Morgan fingerprint density at radius 2 is 1.95 bits per heavy atom. The van der Waals surface area contributed by atoms with E-state index in [2.05, 4.69) is 29.2 Å². The number of amides is 1. The van der Waals surface area contributed by atoms with E-state index in [0.717, 1.165) is 45.6 Å². The fourth-order valence-corrected chi connectivity index (χ4v) is 2.73. The molecule has 2 N–H and O–H groups in total. The van der Waals surface area contributed by atoms with Gasteiger partial charge in [-0.25, -0.2) is 0 Å². The van der Waals surface area contributed by atoms with Gasteiger partial charge in [-0.15, -0.1) is 0 Å². The summed E-state index contributed by atoms with van der Waals surface area (Å²) in [5.41, 5.74) is 7.07. The average molecular weight is 289 g/mol. The van der Waals surface area contributed by atoms with E-state index in [9.17, 15) is 4.79 Å². The summed E-state index contributed by atoms with van der Waals surface area (Å²) in [5, 5.41) is 0. The number of hydrogen-bond acceptors (Lipinski definition) is 3. The van der Waals surface area contributed by atoms with E-state index in [0.29, 0.717) is 6.42 Å². The van der Waals surface area contributed by atoms with Crippen molar-refractivity contribution in [3.8, 4) is 0 Å². The van der Waals surface area contributed by atoms with E-state index in [1.807, 2.05) is 17.9 Å². The standard InChI is InChI=1S/C17H27N3O/c1-15(18)8-9-17(21)20-11-5-10-19(12-13-20)14-16-6-3-2-4-7-16/h2-4,6-7,15H,5,8-14,18H2,1H3. The van der Waals surface area contributed by atoms with Crippen LogP contribution in [0.1, 0.15) is 31.7 Å². The first kappa shape index (κ1) is 16.0. The van der Waals surface area contributed by atoms with E-state index >= 15 is 0 Å². The highest BCUT2D eigenvalue weighted by atomic mass is 16.2. The summed E-state index contributed by atoms with van der Waals surface area (Å²) in [5.74, 6) is 0.258. The van der Waals surface area contributed by atoms with Crippen molar-refractivity contribution in [1.82, 2.24) is 9.80 Å². The lowest BCUT2D eigenvalue weighted by Gasteiger charge is -2.22. The molecule has 1 atom stereocenters. The van der Waals surface area contributed by atoms with Gasteiger partial charge in [-0.3, -0.25) is 9.69 Å². The van der Waals surface area contributed by atoms with E-state index in [-0.39, 0.29) is 11.9 Å². The van der Waals surface area contributed by atoms with Crippen LogP contribution in [0.3, 0.4) is 0 Å². The minimum atomic E-state index is 0.107. The summed E-state index contributed by atoms with van der Waals surface area (Å²) in [6, 6.07) is 10.6. The highest BCUT2D eigenvalue weighted by molar-refractivity contribution is 5.76. The quantitative estimate of drug-likeness (QED) is 0.900. The summed E-state index contributed by atoms with van der Waals surface area (Å²) < 4.78 is 0. The minimum absolute atomic E-state index is 0.107. The molecule has 4 heteroatoms. The first-order chi connectivity index (χ1) is 10.1. The van der Waals surface area contributed by atoms with Crippen LogP contribution in [-0.4, -0.2) is 47.9 Å². The van der Waals surface area contributed by atoms with Gasteiger partial charge in [0, 0.05) is 45.2 Å². The Morgan fingerprint density at radius 1 is 1.19 bits per heavy atom. The molecule has 1 amide bonds. The molecule has 1 aliphatic rings. The van der Waals surface area contributed by atoms with Gasteiger partial charge in [0.1, 0.15) is 0 Å². The first-order valence-electron chi connectivity index (χ1n) is 7.95. The fraction of sp³-hybridized carbons (Fsp3) is 0.588. The Labute approximate surface area is 127 Å². The van der Waals surface area contributed by atoms with Crippen LogP contribution in [0.5, 0.6) is 0 Å². The van der Waals surface area contributed by atoms with Crippen molar-refractivity contribution < 1.29 is 4.79 Å². The maximum absolute atomic E-state index is 12.2. The number of carbonyl (C=O) groups is 1. The normalized spacial score (nSPS) is 18.3. The topological polar surface area (TPSA) is 49.6 Å². The molecule has 1 aromatic carbocycles. The third kappa shape index (κ3) is 5.48. The molecule has 1 fully saturated rings. The Balaban J connectivity index is 1.80. The van der Waals surface area contributed by atoms with Crippen molar-refractivity contribution in [1.29, 1.82) is 0 Å². The number of nitrogens with zero attached hydrogens (tertiary/aromatic N) is 2. The summed E-state index contributed by atoms with van der Waals surface area (Å²) >= 11 is 0. The van der Waals surface area contributed by atoms with Crippen LogP contribution >= 0.6 is 0 Å². The molecule has 1 unspecified atom stereocenters. The highest BCUT2D eigenvalue weighted by Gasteiger charge is 2.19. The van der Waals surface area contributed by atoms with Crippen molar-refractivity contribution >= 4 is 5.91 Å². The smallest absolute Gasteiger partial charge is 0.222 e. The highest BCUT2D eigenvalue weighted by Crippen LogP contribution is 2.10. The Bertz CT molecular complexity index is 433. The van der Waals surface area contributed by atoms with Crippen molar-refractivity contribution in [2.75, 3.05) is 26.2 Å². The van der Waals surface area contributed by atoms with Crippen molar-refractivity contribution in [2.45, 2.75) is 38.8 Å². The number of hydrogen-bond donors (Lipinski definition) is 1. The lowest BCUT2D eigenvalue weighted by molar-refractivity contribution is -0.131. The molecule has 1 heterocycles. The van der Waals surface area contributed by atoms with Gasteiger partial charge >= 0.3 is 0 Å². The third-order valence-electron chi connectivity index (χ3n) is 4.00. The Morgan fingerprint density at radius 3 is 2.67 bits per heavy atom. The Hall–Kier alpha value is -1.39. The molecule has 0 spiro atoms. The minimum Gasteiger partial charge on any atom is -0.341 e. The summed E-state index contributed by atoms with van der Waals surface area (Å²) in [6.07, 6.45) is 2.41. The van der Waals surface area contributed by atoms with Crippen LogP contribution in [-0.2, 0) is 11.3 Å². The number of benzene rings is 1. The number of rotatable bonds is 5. The van der Waals surface area contributed by atoms with Crippen LogP contribution in [0.25, 0.3) is 0 Å². The molecule has 4 nitrogen and oxygen atoms in total. The lowest BCUT2D eigenvalue weighted by Crippen LogP contribution is -2.35. The maximum Gasteiger partial charge on any atom is 0.222 e. The first-order valence-corrected chi connectivity index (χ1v) is 7.95. The monoisotopic (exact) mass is 289 g/mol. The van der Waals surface area contributed by atoms with Gasteiger partial charge in [0.25, 0.3) is 0 Å². The molecule has 0 saturated carbocycles. The van der Waals surface area contributed by atoms with Gasteiger partial charge < -0.3 is 10.6 Å². The summed E-state index contributed by atoms with van der Waals surface area (Å²) in [7, 11) is 0. The van der Waals surface area contributed by atoms with Crippen LogP contribution < -0.4 is 5.73 Å². The van der Waals surface area contributed by atoms with Gasteiger partial charge in [-0.05, 0) is 25.3 Å². The molecular weight excluding hydrogens is 262 g/mol. The van der Waals surface area contributed by atoms with Crippen LogP contribution in [0, 0.1) is 0 Å². The predicted molar refractivity (Wildman–Crippen MR) is 85.8 cm³/mol. The molecule has 116 valence electrons. The second kappa shape index (κ2) is 8.15. The van der Waals surface area contributed by atoms with Crippen LogP contribution in [0.4, 0.5) is 0 Å². The summed E-state index contributed by atoms with van der Waals surface area (Å²) in [4.78, 5) is 16.6. The number of carbonyl (C=O) groups excluding carboxylic acids is 1. The molecule has 1 saturated heterocycles. The van der Waals surface area contributed by atoms with E-state index < -0.39 is 0 Å². The maximum atomic E-state index is 12.2. The van der Waals surface area contributed by atoms with Gasteiger partial charge in [-0.2, -0.15) is 0 Å². The molecule has 1 aromatic rings. The average Bonchev–Trinajstić information content (AvgIpc) is 2.71. The molecule has 1 aliphatic heterocycles. The largest absolute Gasteiger partial charge is 0.341 e. The predicted octanol–water partition coefficient (Wildman–Crippen LogP) is 1.85. The second-order valence-corrected chi connectivity index (χ2v) is 6.01. The van der Waals surface area contributed by atoms with Crippen molar-refractivity contribution in [3.63, 3.8) is 0 Å². The zero-order chi connectivity index (χ0) is 15.1. The molecule has 0 radical (unpaired) electrons. The SMILES string of the molecule is CC(N)CCC(=O)N1CCCN(Cc2ccccc2)CC1. The molecular formula is C17H27N3O. The molecule has 21 heavy (non-hydrogen) atoms.